The molecule has 0 amide bonds. The van der Waals surface area contributed by atoms with E-state index in [4.69, 9.17) is 29.0 Å². The Morgan fingerprint density at radius 2 is 1.33 bits per heavy atom. The summed E-state index contributed by atoms with van der Waals surface area (Å²) in [6.45, 7) is 3.20. The Bertz CT molecular complexity index is 1450. The smallest absolute Gasteiger partial charge is 0.462 e. The van der Waals surface area contributed by atoms with Crippen molar-refractivity contribution in [2.24, 2.45) is 0 Å². The second kappa shape index (κ2) is 28.7. The van der Waals surface area contributed by atoms with E-state index < -0.39 is 50.9 Å². The maximum atomic E-state index is 13.3. The number of carbonyl (C=O) groups excluding carboxylic acids is 2. The molecule has 3 rings (SSSR count). The molecule has 2 aromatic rings. The Morgan fingerprint density at radius 1 is 0.807 bits per heavy atom. The van der Waals surface area contributed by atoms with Crippen molar-refractivity contribution in [3.05, 3.63) is 12.7 Å². The fourth-order valence-electron chi connectivity index (χ4n) is 7.09. The molecule has 1 aliphatic heterocycles. The minimum Gasteiger partial charge on any atom is -0.462 e. The lowest BCUT2D eigenvalue weighted by Gasteiger charge is -2.24. The van der Waals surface area contributed by atoms with Crippen LogP contribution in [0.3, 0.4) is 0 Å². The van der Waals surface area contributed by atoms with E-state index in [0.717, 1.165) is 38.5 Å². The molecular weight excluding hydrogens is 753 g/mol. The summed E-state index contributed by atoms with van der Waals surface area (Å²) < 4.78 is 42.7. The molecule has 0 bridgehead atoms. The minimum atomic E-state index is -4.81. The standard InChI is InChI=1S/C41H72N5O10P/c1-3-5-7-9-11-13-15-17-19-21-23-25-36(48)52-29-34(54-37(49)26-24-22-20-18-16-14-12-10-8-6-4-2)30-53-57(50,51)56-35-27-33(28-47)55-41(35)46-32-45-38-39(42)43-31-44-40(38)46/h31-35,41,47H,3-30H2,1-2H3,(H,50,51)(H2,42,43,44)/t33-,34+,35+,41+/m0/s1. The van der Waals surface area contributed by atoms with E-state index >= 15 is 0 Å². The number of aliphatic hydroxyl groups excluding tert-OH is 1. The van der Waals surface area contributed by atoms with Crippen LogP contribution in [0.1, 0.15) is 181 Å². The molecule has 1 saturated heterocycles. The lowest BCUT2D eigenvalue weighted by molar-refractivity contribution is -0.161. The number of hydrogen-bond donors (Lipinski definition) is 3. The van der Waals surface area contributed by atoms with Gasteiger partial charge in [0.2, 0.25) is 0 Å². The molecule has 1 unspecified atom stereocenters. The first-order valence-corrected chi connectivity index (χ1v) is 23.4. The number of carbonyl (C=O) groups is 2. The number of phosphoric ester groups is 1. The highest BCUT2D eigenvalue weighted by Gasteiger charge is 2.43. The van der Waals surface area contributed by atoms with Crippen molar-refractivity contribution in [1.82, 2.24) is 19.5 Å². The average molecular weight is 826 g/mol. The van der Waals surface area contributed by atoms with Crippen LogP contribution in [0.2, 0.25) is 0 Å². The number of phosphoric acid groups is 1. The van der Waals surface area contributed by atoms with Crippen LogP contribution in [0.4, 0.5) is 5.82 Å². The van der Waals surface area contributed by atoms with Gasteiger partial charge in [0.1, 0.15) is 24.6 Å². The molecular formula is C41H72N5O10P. The van der Waals surface area contributed by atoms with Gasteiger partial charge in [-0.2, -0.15) is 0 Å². The first-order valence-electron chi connectivity index (χ1n) is 21.9. The Hall–Kier alpha value is -2.68. The van der Waals surface area contributed by atoms with Crippen molar-refractivity contribution < 1.29 is 47.4 Å². The lowest BCUT2D eigenvalue weighted by atomic mass is 10.1. The van der Waals surface area contributed by atoms with Crippen molar-refractivity contribution in [1.29, 1.82) is 0 Å². The van der Waals surface area contributed by atoms with Gasteiger partial charge in [0.15, 0.2) is 23.8 Å². The second-order valence-corrected chi connectivity index (χ2v) is 16.8. The quantitative estimate of drug-likeness (QED) is 0.0342. The van der Waals surface area contributed by atoms with E-state index in [9.17, 15) is 24.2 Å². The number of aromatic nitrogens is 4. The fourth-order valence-corrected chi connectivity index (χ4v) is 8.04. The number of unbranched alkanes of at least 4 members (excludes halogenated alkanes) is 20. The highest BCUT2D eigenvalue weighted by atomic mass is 31.2. The number of nitrogens with zero attached hydrogens (tertiary/aromatic N) is 4. The van der Waals surface area contributed by atoms with Gasteiger partial charge < -0.3 is 29.9 Å². The normalized spacial score (nSPS) is 18.5. The zero-order chi connectivity index (χ0) is 41.1. The van der Waals surface area contributed by atoms with Crippen LogP contribution < -0.4 is 5.73 Å². The largest absolute Gasteiger partial charge is 0.472 e. The Morgan fingerprint density at radius 3 is 1.88 bits per heavy atom. The predicted molar refractivity (Wildman–Crippen MR) is 219 cm³/mol. The number of esters is 2. The summed E-state index contributed by atoms with van der Waals surface area (Å²) in [4.78, 5) is 48.7. The van der Waals surface area contributed by atoms with E-state index in [-0.39, 0.29) is 38.3 Å². The number of anilines is 1. The third-order valence-corrected chi connectivity index (χ3v) is 11.4. The second-order valence-electron chi connectivity index (χ2n) is 15.4. The van der Waals surface area contributed by atoms with E-state index in [0.29, 0.717) is 24.0 Å². The average Bonchev–Trinajstić information content (AvgIpc) is 3.81. The number of nitrogen functional groups attached to an aromatic ring is 1. The molecule has 1 aliphatic rings. The number of rotatable bonds is 34. The molecule has 1 fully saturated rings. The molecule has 0 aliphatic carbocycles. The van der Waals surface area contributed by atoms with E-state index in [1.165, 1.54) is 107 Å². The summed E-state index contributed by atoms with van der Waals surface area (Å²) in [5.41, 5.74) is 6.55. The molecule has 4 N–H and O–H groups in total. The zero-order valence-corrected chi connectivity index (χ0v) is 35.6. The molecule has 15 nitrogen and oxygen atoms in total. The molecule has 16 heteroatoms. The van der Waals surface area contributed by atoms with Gasteiger partial charge in [-0.15, -0.1) is 0 Å². The molecule has 0 spiro atoms. The molecule has 0 aromatic carbocycles. The monoisotopic (exact) mass is 826 g/mol. The summed E-state index contributed by atoms with van der Waals surface area (Å²) in [7, 11) is -4.81. The van der Waals surface area contributed by atoms with E-state index in [1.807, 2.05) is 0 Å². The SMILES string of the molecule is CCCCCCCCCCCCCC(=O)OC[C@H](COP(=O)(O)O[C@@H]1C[C@@H](CO)O[C@H]1n1cnc2c(N)ncnc21)OC(=O)CCCCCCCCCCCCC. The van der Waals surface area contributed by atoms with Gasteiger partial charge in [-0.25, -0.2) is 19.5 Å². The molecule has 0 saturated carbocycles. The number of hydrogen-bond acceptors (Lipinski definition) is 13. The number of imidazole rings is 1. The summed E-state index contributed by atoms with van der Waals surface area (Å²) >= 11 is 0. The molecule has 326 valence electrons. The molecule has 2 aromatic heterocycles. The number of fused-ring (bicyclic) bond motifs is 1. The predicted octanol–water partition coefficient (Wildman–Crippen LogP) is 9.05. The van der Waals surface area contributed by atoms with Crippen LogP contribution in [-0.2, 0) is 37.4 Å². The minimum absolute atomic E-state index is 0.0589. The van der Waals surface area contributed by atoms with Crippen LogP contribution in [0.15, 0.2) is 12.7 Å². The Kier molecular flexibility index (Phi) is 24.5. The third-order valence-electron chi connectivity index (χ3n) is 10.4. The first kappa shape index (κ1) is 48.7. The summed E-state index contributed by atoms with van der Waals surface area (Å²) in [5, 5.41) is 9.82. The van der Waals surface area contributed by atoms with Crippen LogP contribution in [-0.4, -0.2) is 79.6 Å². The van der Waals surface area contributed by atoms with Gasteiger partial charge in [0.05, 0.1) is 25.6 Å². The maximum absolute atomic E-state index is 13.3. The lowest BCUT2D eigenvalue weighted by Crippen LogP contribution is -2.30. The van der Waals surface area contributed by atoms with Crippen LogP contribution in [0.5, 0.6) is 0 Å². The number of aliphatic hydroxyl groups is 1. The molecule has 3 heterocycles. The Balaban J connectivity index is 1.48. The highest BCUT2D eigenvalue weighted by Crippen LogP contribution is 2.49. The van der Waals surface area contributed by atoms with Gasteiger partial charge in [-0.1, -0.05) is 142 Å². The van der Waals surface area contributed by atoms with Gasteiger partial charge in [0, 0.05) is 19.3 Å². The fraction of sp³-hybridized carbons (Fsp3) is 0.829. The summed E-state index contributed by atoms with van der Waals surface area (Å²) in [6, 6.07) is 0. The topological polar surface area (TPSA) is 207 Å². The van der Waals surface area contributed by atoms with Crippen molar-refractivity contribution in [3.63, 3.8) is 0 Å². The van der Waals surface area contributed by atoms with Gasteiger partial charge >= 0.3 is 19.8 Å². The molecule has 57 heavy (non-hydrogen) atoms. The van der Waals surface area contributed by atoms with Crippen molar-refractivity contribution in [2.45, 2.75) is 199 Å². The van der Waals surface area contributed by atoms with Gasteiger partial charge in [-0.05, 0) is 12.8 Å². The summed E-state index contributed by atoms with van der Waals surface area (Å²) in [6.07, 6.45) is 24.6. The summed E-state index contributed by atoms with van der Waals surface area (Å²) in [5.74, 6) is -0.788. The number of nitrogens with two attached hydrogens (primary N) is 1. The number of ether oxygens (including phenoxy) is 3. The highest BCUT2D eigenvalue weighted by molar-refractivity contribution is 7.47. The van der Waals surface area contributed by atoms with E-state index in [2.05, 4.69) is 28.8 Å². The van der Waals surface area contributed by atoms with Gasteiger partial charge in [0.25, 0.3) is 0 Å². The van der Waals surface area contributed by atoms with Crippen LogP contribution in [0, 0.1) is 0 Å². The molecule has 0 radical (unpaired) electrons. The Labute approximate surface area is 340 Å². The van der Waals surface area contributed by atoms with Crippen LogP contribution >= 0.6 is 7.82 Å². The van der Waals surface area contributed by atoms with Crippen molar-refractivity contribution >= 4 is 36.7 Å². The first-order chi connectivity index (χ1) is 27.7. The maximum Gasteiger partial charge on any atom is 0.472 e. The van der Waals surface area contributed by atoms with Gasteiger partial charge in [-0.3, -0.25) is 23.2 Å². The molecule has 5 atom stereocenters. The van der Waals surface area contributed by atoms with E-state index in [1.54, 1.807) is 0 Å². The van der Waals surface area contributed by atoms with Crippen molar-refractivity contribution in [2.75, 3.05) is 25.6 Å². The van der Waals surface area contributed by atoms with Crippen LogP contribution in [0.25, 0.3) is 11.2 Å². The van der Waals surface area contributed by atoms with Crippen molar-refractivity contribution in [3.8, 4) is 0 Å². The zero-order valence-electron chi connectivity index (χ0n) is 34.7. The third kappa shape index (κ3) is 19.8.